The van der Waals surface area contributed by atoms with Crippen LogP contribution in [0.4, 0.5) is 11.4 Å². The molecule has 0 N–H and O–H groups in total. The third-order valence-electron chi connectivity index (χ3n) is 4.47. The fourth-order valence-electron chi connectivity index (χ4n) is 3.02. The summed E-state index contributed by atoms with van der Waals surface area (Å²) in [6.07, 6.45) is -0.602. The van der Waals surface area contributed by atoms with Crippen LogP contribution in [0.5, 0.6) is 5.75 Å². The first-order valence-electron chi connectivity index (χ1n) is 8.64. The molecular formula is C19H20ClN3O4. The van der Waals surface area contributed by atoms with Crippen molar-refractivity contribution < 1.29 is 14.5 Å². The van der Waals surface area contributed by atoms with Gasteiger partial charge in [-0.3, -0.25) is 14.9 Å². The molecule has 1 heterocycles. The maximum absolute atomic E-state index is 12.6. The molecule has 0 spiro atoms. The zero-order chi connectivity index (χ0) is 19.4. The number of ether oxygens (including phenoxy) is 1. The van der Waals surface area contributed by atoms with Crippen LogP contribution < -0.4 is 9.64 Å². The summed E-state index contributed by atoms with van der Waals surface area (Å²) in [6.45, 7) is 4.19. The molecule has 1 amide bonds. The molecule has 0 aliphatic carbocycles. The number of nitro groups is 1. The fraction of sp³-hybridized carbons (Fsp3) is 0.316. The Labute approximate surface area is 162 Å². The number of carbonyl (C=O) groups is 1. The van der Waals surface area contributed by atoms with Gasteiger partial charge in [0, 0.05) is 49.0 Å². The van der Waals surface area contributed by atoms with Crippen LogP contribution in [0.25, 0.3) is 0 Å². The molecule has 3 rings (SSSR count). The second-order valence-electron chi connectivity index (χ2n) is 6.30. The summed E-state index contributed by atoms with van der Waals surface area (Å²) in [7, 11) is 0. The number of carbonyl (C=O) groups excluding carboxylic acids is 1. The van der Waals surface area contributed by atoms with Crippen LogP contribution in [-0.4, -0.2) is 48.0 Å². The molecule has 27 heavy (non-hydrogen) atoms. The summed E-state index contributed by atoms with van der Waals surface area (Å²) in [5.41, 5.74) is 0.982. The molecule has 0 aromatic heterocycles. The van der Waals surface area contributed by atoms with E-state index in [1.165, 1.54) is 12.1 Å². The first kappa shape index (κ1) is 19.0. The van der Waals surface area contributed by atoms with Crippen molar-refractivity contribution >= 4 is 28.9 Å². The minimum Gasteiger partial charge on any atom is -0.481 e. The van der Waals surface area contributed by atoms with Crippen molar-refractivity contribution in [3.8, 4) is 5.75 Å². The van der Waals surface area contributed by atoms with E-state index >= 15 is 0 Å². The Morgan fingerprint density at radius 2 is 1.81 bits per heavy atom. The van der Waals surface area contributed by atoms with E-state index in [2.05, 4.69) is 4.90 Å². The molecule has 2 aromatic rings. The molecule has 2 aromatic carbocycles. The number of halogens is 1. The highest BCUT2D eigenvalue weighted by Gasteiger charge is 2.26. The average molecular weight is 390 g/mol. The largest absolute Gasteiger partial charge is 0.481 e. The van der Waals surface area contributed by atoms with Gasteiger partial charge in [-0.05, 0) is 37.3 Å². The standard InChI is InChI=1S/C19H20ClN3O4/c1-14(27-18-4-2-3-15(20)13-18)19(24)22-11-9-21(10-12-22)16-5-7-17(8-6-16)23(25)26/h2-8,13-14H,9-12H2,1H3. The summed E-state index contributed by atoms with van der Waals surface area (Å²) >= 11 is 5.94. The highest BCUT2D eigenvalue weighted by Crippen LogP contribution is 2.22. The zero-order valence-corrected chi connectivity index (χ0v) is 15.6. The van der Waals surface area contributed by atoms with Crippen molar-refractivity contribution in [3.05, 3.63) is 63.7 Å². The third-order valence-corrected chi connectivity index (χ3v) is 4.71. The Hall–Kier alpha value is -2.80. The van der Waals surface area contributed by atoms with Gasteiger partial charge in [-0.15, -0.1) is 0 Å². The summed E-state index contributed by atoms with van der Waals surface area (Å²) in [6, 6.07) is 13.4. The van der Waals surface area contributed by atoms with Crippen LogP contribution in [0.3, 0.4) is 0 Å². The number of hydrogen-bond acceptors (Lipinski definition) is 5. The molecule has 0 saturated carbocycles. The maximum atomic E-state index is 12.6. The number of benzene rings is 2. The minimum atomic E-state index is -0.602. The van der Waals surface area contributed by atoms with Crippen LogP contribution in [-0.2, 0) is 4.79 Å². The van der Waals surface area contributed by atoms with Gasteiger partial charge in [0.15, 0.2) is 6.10 Å². The van der Waals surface area contributed by atoms with Gasteiger partial charge in [0.2, 0.25) is 0 Å². The lowest BCUT2D eigenvalue weighted by Gasteiger charge is -2.37. The fourth-order valence-corrected chi connectivity index (χ4v) is 3.20. The smallest absolute Gasteiger partial charge is 0.269 e. The molecule has 8 heteroatoms. The number of non-ortho nitro benzene ring substituents is 1. The van der Waals surface area contributed by atoms with Crippen LogP contribution in [0.15, 0.2) is 48.5 Å². The van der Waals surface area contributed by atoms with E-state index in [9.17, 15) is 14.9 Å². The first-order chi connectivity index (χ1) is 12.9. The number of amides is 1. The van der Waals surface area contributed by atoms with Gasteiger partial charge >= 0.3 is 0 Å². The van der Waals surface area contributed by atoms with Crippen molar-refractivity contribution in [2.45, 2.75) is 13.0 Å². The molecule has 1 atom stereocenters. The molecule has 0 bridgehead atoms. The van der Waals surface area contributed by atoms with Gasteiger partial charge in [-0.1, -0.05) is 17.7 Å². The summed E-state index contributed by atoms with van der Waals surface area (Å²) < 4.78 is 5.70. The monoisotopic (exact) mass is 389 g/mol. The van der Waals surface area contributed by atoms with Crippen molar-refractivity contribution in [2.75, 3.05) is 31.1 Å². The number of nitrogens with zero attached hydrogens (tertiary/aromatic N) is 3. The van der Waals surface area contributed by atoms with E-state index in [0.29, 0.717) is 37.0 Å². The molecule has 1 aliphatic rings. The van der Waals surface area contributed by atoms with E-state index in [-0.39, 0.29) is 11.6 Å². The van der Waals surface area contributed by atoms with Gasteiger partial charge in [0.05, 0.1) is 4.92 Å². The highest BCUT2D eigenvalue weighted by atomic mass is 35.5. The molecule has 1 fully saturated rings. The number of rotatable bonds is 5. The number of hydrogen-bond donors (Lipinski definition) is 0. The highest BCUT2D eigenvalue weighted by molar-refractivity contribution is 6.30. The third kappa shape index (κ3) is 4.68. The summed E-state index contributed by atoms with van der Waals surface area (Å²) in [4.78, 5) is 26.8. The topological polar surface area (TPSA) is 75.9 Å². The van der Waals surface area contributed by atoms with E-state index in [1.807, 2.05) is 0 Å². The van der Waals surface area contributed by atoms with Crippen molar-refractivity contribution in [1.82, 2.24) is 4.90 Å². The molecule has 1 unspecified atom stereocenters. The summed E-state index contributed by atoms with van der Waals surface area (Å²) in [5, 5.41) is 11.3. The van der Waals surface area contributed by atoms with E-state index in [4.69, 9.17) is 16.3 Å². The molecular weight excluding hydrogens is 370 g/mol. The number of piperazine rings is 1. The molecule has 1 saturated heterocycles. The molecule has 0 radical (unpaired) electrons. The Morgan fingerprint density at radius 3 is 2.41 bits per heavy atom. The summed E-state index contributed by atoms with van der Waals surface area (Å²) in [5.74, 6) is 0.492. The van der Waals surface area contributed by atoms with Crippen LogP contribution in [0.1, 0.15) is 6.92 Å². The quantitative estimate of drug-likeness (QED) is 0.579. The zero-order valence-electron chi connectivity index (χ0n) is 14.9. The van der Waals surface area contributed by atoms with Crippen LogP contribution >= 0.6 is 11.6 Å². The Kier molecular flexibility index (Phi) is 5.81. The molecule has 1 aliphatic heterocycles. The van der Waals surface area contributed by atoms with Gasteiger partial charge in [0.25, 0.3) is 11.6 Å². The lowest BCUT2D eigenvalue weighted by Crippen LogP contribution is -2.52. The maximum Gasteiger partial charge on any atom is 0.269 e. The van der Waals surface area contributed by atoms with Crippen molar-refractivity contribution in [3.63, 3.8) is 0 Å². The lowest BCUT2D eigenvalue weighted by molar-refractivity contribution is -0.384. The number of nitro benzene ring substituents is 1. The van der Waals surface area contributed by atoms with Gasteiger partial charge in [-0.2, -0.15) is 0 Å². The Balaban J connectivity index is 1.54. The Morgan fingerprint density at radius 1 is 1.15 bits per heavy atom. The lowest BCUT2D eigenvalue weighted by atomic mass is 10.2. The van der Waals surface area contributed by atoms with Gasteiger partial charge in [0.1, 0.15) is 5.75 Å². The van der Waals surface area contributed by atoms with Crippen LogP contribution in [0, 0.1) is 10.1 Å². The first-order valence-corrected chi connectivity index (χ1v) is 9.02. The normalized spacial score (nSPS) is 15.3. The SMILES string of the molecule is CC(Oc1cccc(Cl)c1)C(=O)N1CCN(c2ccc([N+](=O)[O-])cc2)CC1. The Bertz CT molecular complexity index is 820. The average Bonchev–Trinajstić information content (AvgIpc) is 2.67. The predicted octanol–water partition coefficient (Wildman–Crippen LogP) is 3.36. The second kappa shape index (κ2) is 8.26. The van der Waals surface area contributed by atoms with E-state index in [1.54, 1.807) is 48.2 Å². The van der Waals surface area contributed by atoms with Crippen LogP contribution in [0.2, 0.25) is 5.02 Å². The number of anilines is 1. The van der Waals surface area contributed by atoms with E-state index in [0.717, 1.165) is 5.69 Å². The second-order valence-corrected chi connectivity index (χ2v) is 6.74. The molecule has 7 nitrogen and oxygen atoms in total. The minimum absolute atomic E-state index is 0.0690. The van der Waals surface area contributed by atoms with Gasteiger partial charge in [-0.25, -0.2) is 0 Å². The van der Waals surface area contributed by atoms with Gasteiger partial charge < -0.3 is 14.5 Å². The van der Waals surface area contributed by atoms with Crippen molar-refractivity contribution in [2.24, 2.45) is 0 Å². The molecule has 142 valence electrons. The van der Waals surface area contributed by atoms with E-state index < -0.39 is 11.0 Å². The van der Waals surface area contributed by atoms with Crippen molar-refractivity contribution in [1.29, 1.82) is 0 Å². The predicted molar refractivity (Wildman–Crippen MR) is 103 cm³/mol.